The molecule has 1 aromatic heterocycles. The lowest BCUT2D eigenvalue weighted by Gasteiger charge is -2.08. The smallest absolute Gasteiger partial charge is 0.270 e. The molecule has 0 atom stereocenters. The minimum atomic E-state index is -0.142. The van der Waals surface area contributed by atoms with Gasteiger partial charge in [-0.2, -0.15) is 0 Å². The molecule has 14 heavy (non-hydrogen) atoms. The highest BCUT2D eigenvalue weighted by molar-refractivity contribution is 5.92. The van der Waals surface area contributed by atoms with E-state index >= 15 is 0 Å². The van der Waals surface area contributed by atoms with Crippen LogP contribution in [0.4, 0.5) is 5.82 Å². The third-order valence-corrected chi connectivity index (χ3v) is 1.66. The van der Waals surface area contributed by atoms with Crippen molar-refractivity contribution in [1.29, 1.82) is 0 Å². The normalized spacial score (nSPS) is 10.0. The number of amides is 1. The van der Waals surface area contributed by atoms with Crippen molar-refractivity contribution in [2.45, 2.75) is 19.9 Å². The van der Waals surface area contributed by atoms with Crippen LogP contribution < -0.4 is 10.6 Å². The monoisotopic (exact) mass is 193 g/mol. The van der Waals surface area contributed by atoms with Gasteiger partial charge in [0.2, 0.25) is 0 Å². The molecule has 4 heteroatoms. The molecule has 0 aliphatic heterocycles. The van der Waals surface area contributed by atoms with Crippen LogP contribution in [-0.4, -0.2) is 24.0 Å². The second kappa shape index (κ2) is 4.60. The van der Waals surface area contributed by atoms with Crippen LogP contribution in [0.2, 0.25) is 0 Å². The Hall–Kier alpha value is -1.58. The van der Waals surface area contributed by atoms with Gasteiger partial charge in [0.15, 0.2) is 0 Å². The van der Waals surface area contributed by atoms with E-state index in [4.69, 9.17) is 0 Å². The minimum absolute atomic E-state index is 0.127. The molecule has 0 unspecified atom stereocenters. The second-order valence-electron chi connectivity index (χ2n) is 3.29. The first-order valence-corrected chi connectivity index (χ1v) is 4.59. The SMILES string of the molecule is CNc1cccc(C(=O)NC(C)C)n1. The Kier molecular flexibility index (Phi) is 3.45. The average molecular weight is 193 g/mol. The van der Waals surface area contributed by atoms with E-state index in [1.54, 1.807) is 19.2 Å². The Morgan fingerprint density at radius 2 is 2.14 bits per heavy atom. The van der Waals surface area contributed by atoms with Crippen molar-refractivity contribution in [2.24, 2.45) is 0 Å². The number of anilines is 1. The largest absolute Gasteiger partial charge is 0.373 e. The molecule has 0 fully saturated rings. The summed E-state index contributed by atoms with van der Waals surface area (Å²) >= 11 is 0. The van der Waals surface area contributed by atoms with E-state index in [1.165, 1.54) is 0 Å². The molecule has 1 aromatic rings. The van der Waals surface area contributed by atoms with Crippen LogP contribution in [0, 0.1) is 0 Å². The zero-order valence-electron chi connectivity index (χ0n) is 8.66. The molecule has 1 amide bonds. The van der Waals surface area contributed by atoms with Gasteiger partial charge in [0.1, 0.15) is 11.5 Å². The zero-order chi connectivity index (χ0) is 10.6. The number of pyridine rings is 1. The van der Waals surface area contributed by atoms with Crippen LogP contribution in [0.3, 0.4) is 0 Å². The topological polar surface area (TPSA) is 54.0 Å². The predicted octanol–water partition coefficient (Wildman–Crippen LogP) is 1.26. The van der Waals surface area contributed by atoms with Gasteiger partial charge in [-0.1, -0.05) is 6.07 Å². The first-order valence-electron chi connectivity index (χ1n) is 4.59. The van der Waals surface area contributed by atoms with Crippen LogP contribution in [0.1, 0.15) is 24.3 Å². The molecular weight excluding hydrogens is 178 g/mol. The Balaban J connectivity index is 2.79. The van der Waals surface area contributed by atoms with Gasteiger partial charge in [-0.3, -0.25) is 4.79 Å². The lowest BCUT2D eigenvalue weighted by atomic mass is 10.3. The lowest BCUT2D eigenvalue weighted by Crippen LogP contribution is -2.30. The van der Waals surface area contributed by atoms with Gasteiger partial charge < -0.3 is 10.6 Å². The maximum atomic E-state index is 11.5. The molecule has 0 aliphatic carbocycles. The van der Waals surface area contributed by atoms with Crippen molar-refractivity contribution in [3.63, 3.8) is 0 Å². The third kappa shape index (κ3) is 2.73. The molecule has 0 aromatic carbocycles. The van der Waals surface area contributed by atoms with Crippen LogP contribution in [0.5, 0.6) is 0 Å². The number of hydrogen-bond acceptors (Lipinski definition) is 3. The third-order valence-electron chi connectivity index (χ3n) is 1.66. The molecule has 0 aliphatic rings. The highest BCUT2D eigenvalue weighted by Gasteiger charge is 2.07. The fourth-order valence-corrected chi connectivity index (χ4v) is 1.04. The number of nitrogens with one attached hydrogen (secondary N) is 2. The summed E-state index contributed by atoms with van der Waals surface area (Å²) in [5.41, 5.74) is 0.436. The van der Waals surface area contributed by atoms with E-state index in [0.717, 1.165) is 0 Å². The first kappa shape index (κ1) is 10.5. The standard InChI is InChI=1S/C10H15N3O/c1-7(2)12-10(14)8-5-4-6-9(11-3)13-8/h4-7H,1-3H3,(H,11,13)(H,12,14). The number of aromatic nitrogens is 1. The summed E-state index contributed by atoms with van der Waals surface area (Å²) in [5, 5.41) is 5.67. The highest BCUT2D eigenvalue weighted by atomic mass is 16.1. The first-order chi connectivity index (χ1) is 6.63. The molecule has 0 saturated heterocycles. The number of rotatable bonds is 3. The number of nitrogens with zero attached hydrogens (tertiary/aromatic N) is 1. The van der Waals surface area contributed by atoms with Gasteiger partial charge in [-0.05, 0) is 26.0 Å². The molecule has 0 radical (unpaired) electrons. The molecule has 0 spiro atoms. The molecular formula is C10H15N3O. The summed E-state index contributed by atoms with van der Waals surface area (Å²) < 4.78 is 0. The van der Waals surface area contributed by atoms with Crippen LogP contribution in [-0.2, 0) is 0 Å². The summed E-state index contributed by atoms with van der Waals surface area (Å²) in [5.74, 6) is 0.554. The van der Waals surface area contributed by atoms with Gasteiger partial charge in [-0.25, -0.2) is 4.98 Å². The van der Waals surface area contributed by atoms with E-state index in [2.05, 4.69) is 15.6 Å². The van der Waals surface area contributed by atoms with Crippen molar-refractivity contribution in [1.82, 2.24) is 10.3 Å². The molecule has 0 bridgehead atoms. The van der Waals surface area contributed by atoms with E-state index in [-0.39, 0.29) is 11.9 Å². The fraction of sp³-hybridized carbons (Fsp3) is 0.400. The summed E-state index contributed by atoms with van der Waals surface area (Å²) in [7, 11) is 1.77. The molecule has 2 N–H and O–H groups in total. The van der Waals surface area contributed by atoms with Crippen molar-refractivity contribution in [3.8, 4) is 0 Å². The quantitative estimate of drug-likeness (QED) is 0.760. The fourth-order valence-electron chi connectivity index (χ4n) is 1.04. The van der Waals surface area contributed by atoms with Crippen molar-refractivity contribution in [3.05, 3.63) is 23.9 Å². The molecule has 4 nitrogen and oxygen atoms in total. The Morgan fingerprint density at radius 3 is 2.71 bits per heavy atom. The van der Waals surface area contributed by atoms with Crippen LogP contribution in [0.15, 0.2) is 18.2 Å². The van der Waals surface area contributed by atoms with Crippen molar-refractivity contribution < 1.29 is 4.79 Å². The van der Waals surface area contributed by atoms with E-state index in [0.29, 0.717) is 11.5 Å². The zero-order valence-corrected chi connectivity index (χ0v) is 8.66. The van der Waals surface area contributed by atoms with Gasteiger partial charge in [-0.15, -0.1) is 0 Å². The summed E-state index contributed by atoms with van der Waals surface area (Å²) in [6, 6.07) is 5.43. The summed E-state index contributed by atoms with van der Waals surface area (Å²) in [4.78, 5) is 15.6. The Bertz CT molecular complexity index is 323. The number of carbonyl (C=O) groups is 1. The summed E-state index contributed by atoms with van der Waals surface area (Å²) in [6.07, 6.45) is 0. The van der Waals surface area contributed by atoms with Crippen molar-refractivity contribution in [2.75, 3.05) is 12.4 Å². The van der Waals surface area contributed by atoms with Gasteiger partial charge in [0, 0.05) is 13.1 Å². The molecule has 76 valence electrons. The van der Waals surface area contributed by atoms with Gasteiger partial charge >= 0.3 is 0 Å². The number of carbonyl (C=O) groups excluding carboxylic acids is 1. The molecule has 1 rings (SSSR count). The minimum Gasteiger partial charge on any atom is -0.373 e. The predicted molar refractivity (Wildman–Crippen MR) is 56.4 cm³/mol. The number of hydrogen-bond donors (Lipinski definition) is 2. The van der Waals surface area contributed by atoms with E-state index in [1.807, 2.05) is 19.9 Å². The average Bonchev–Trinajstić information content (AvgIpc) is 2.17. The van der Waals surface area contributed by atoms with E-state index < -0.39 is 0 Å². The summed E-state index contributed by atoms with van der Waals surface area (Å²) in [6.45, 7) is 3.83. The Labute approximate surface area is 83.7 Å². The van der Waals surface area contributed by atoms with Gasteiger partial charge in [0.25, 0.3) is 5.91 Å². The molecule has 1 heterocycles. The Morgan fingerprint density at radius 1 is 1.43 bits per heavy atom. The van der Waals surface area contributed by atoms with Crippen LogP contribution in [0.25, 0.3) is 0 Å². The lowest BCUT2D eigenvalue weighted by molar-refractivity contribution is 0.0938. The maximum Gasteiger partial charge on any atom is 0.270 e. The van der Waals surface area contributed by atoms with Crippen LogP contribution >= 0.6 is 0 Å². The van der Waals surface area contributed by atoms with E-state index in [9.17, 15) is 4.79 Å². The van der Waals surface area contributed by atoms with Crippen molar-refractivity contribution >= 4 is 11.7 Å². The second-order valence-corrected chi connectivity index (χ2v) is 3.29. The van der Waals surface area contributed by atoms with Gasteiger partial charge in [0.05, 0.1) is 0 Å². The highest BCUT2D eigenvalue weighted by Crippen LogP contribution is 2.03. The maximum absolute atomic E-state index is 11.5. The molecule has 0 saturated carbocycles.